The fraction of sp³-hybridized carbons (Fsp3) is 0.419. The Kier molecular flexibility index (Phi) is 7.18. The molecule has 0 saturated carbocycles. The van der Waals surface area contributed by atoms with E-state index in [1.165, 1.54) is 25.1 Å². The minimum Gasteiger partial charge on any atom is -0.490 e. The summed E-state index contributed by atoms with van der Waals surface area (Å²) in [5.41, 5.74) is 3.78. The van der Waals surface area contributed by atoms with Crippen LogP contribution in [0.15, 0.2) is 36.4 Å². The van der Waals surface area contributed by atoms with Gasteiger partial charge >= 0.3 is 18.1 Å². The number of aryl methyl sites for hydroxylation is 2. The number of fused-ring (bicyclic) bond motifs is 2. The lowest BCUT2D eigenvalue weighted by molar-refractivity contribution is -0.171. The molecule has 3 aromatic rings. The summed E-state index contributed by atoms with van der Waals surface area (Å²) in [6.07, 6.45) is -4.25. The lowest BCUT2D eigenvalue weighted by Gasteiger charge is -2.29. The first-order valence-corrected chi connectivity index (χ1v) is 14.2. The van der Waals surface area contributed by atoms with Gasteiger partial charge in [0.25, 0.3) is 0 Å². The second-order valence-corrected chi connectivity index (χ2v) is 11.1. The number of halogens is 3. The van der Waals surface area contributed by atoms with E-state index in [1.54, 1.807) is 19.1 Å². The molecule has 1 amide bonds. The van der Waals surface area contributed by atoms with Crippen molar-refractivity contribution < 1.29 is 37.0 Å². The topological polar surface area (TPSA) is 94.1 Å². The number of anilines is 2. The molecule has 0 aliphatic carbocycles. The Bertz CT molecular complexity index is 1580. The van der Waals surface area contributed by atoms with E-state index >= 15 is 0 Å². The number of benzene rings is 2. The van der Waals surface area contributed by atoms with E-state index in [0.717, 1.165) is 42.9 Å². The Labute approximate surface area is 246 Å². The van der Waals surface area contributed by atoms with E-state index in [0.29, 0.717) is 33.3 Å². The van der Waals surface area contributed by atoms with E-state index in [4.69, 9.17) is 24.2 Å². The molecule has 1 aromatic heterocycles. The molecule has 3 aliphatic heterocycles. The average molecular weight is 597 g/mol. The van der Waals surface area contributed by atoms with Gasteiger partial charge in [0.15, 0.2) is 6.10 Å². The van der Waals surface area contributed by atoms with Crippen molar-refractivity contribution in [3.8, 4) is 22.6 Å². The van der Waals surface area contributed by atoms with Crippen LogP contribution < -0.4 is 19.3 Å². The summed E-state index contributed by atoms with van der Waals surface area (Å²) in [6, 6.07) is 8.45. The molecule has 9 nitrogen and oxygen atoms in total. The summed E-state index contributed by atoms with van der Waals surface area (Å²) in [4.78, 5) is 36.9. The highest BCUT2D eigenvalue weighted by atomic mass is 19.4. The van der Waals surface area contributed by atoms with Gasteiger partial charge in [-0.2, -0.15) is 13.2 Å². The molecular weight excluding hydrogens is 565 g/mol. The maximum absolute atomic E-state index is 14.0. The maximum atomic E-state index is 14.0. The Morgan fingerprint density at radius 3 is 2.40 bits per heavy atom. The SMILES string of the molecule is CC(=O)O[C@H]1c2ccc(N(C(=O)C(F)(F)F)[C@@H]3COc4c(-c5c(C)nc(N6CCCC6)nc5C)cccc43)cc2OC1C. The quantitative estimate of drug-likeness (QED) is 0.343. The van der Waals surface area contributed by atoms with E-state index in [1.807, 2.05) is 19.9 Å². The van der Waals surface area contributed by atoms with E-state index in [-0.39, 0.29) is 18.0 Å². The van der Waals surface area contributed by atoms with Gasteiger partial charge in [-0.15, -0.1) is 0 Å². The number of ether oxygens (including phenoxy) is 3. The molecule has 12 heteroatoms. The number of esters is 1. The van der Waals surface area contributed by atoms with Gasteiger partial charge < -0.3 is 19.1 Å². The number of carbonyl (C=O) groups excluding carboxylic acids is 2. The maximum Gasteiger partial charge on any atom is 0.471 e. The van der Waals surface area contributed by atoms with E-state index in [2.05, 4.69) is 4.90 Å². The summed E-state index contributed by atoms with van der Waals surface area (Å²) < 4.78 is 59.3. The van der Waals surface area contributed by atoms with Crippen LogP contribution >= 0.6 is 0 Å². The fourth-order valence-corrected chi connectivity index (χ4v) is 6.23. The number of aromatic nitrogens is 2. The van der Waals surface area contributed by atoms with Crippen LogP contribution in [0.2, 0.25) is 0 Å². The molecule has 3 aliphatic rings. The third kappa shape index (κ3) is 5.12. The fourth-order valence-electron chi connectivity index (χ4n) is 6.23. The predicted molar refractivity (Wildman–Crippen MR) is 151 cm³/mol. The second kappa shape index (κ2) is 10.7. The largest absolute Gasteiger partial charge is 0.490 e. The molecule has 43 heavy (non-hydrogen) atoms. The zero-order valence-electron chi connectivity index (χ0n) is 24.2. The summed E-state index contributed by atoms with van der Waals surface area (Å²) in [7, 11) is 0. The molecule has 1 saturated heterocycles. The zero-order chi connectivity index (χ0) is 30.6. The van der Waals surface area contributed by atoms with Crippen LogP contribution in [0.1, 0.15) is 61.3 Å². The molecule has 3 atom stereocenters. The number of hydrogen-bond donors (Lipinski definition) is 0. The predicted octanol–water partition coefficient (Wildman–Crippen LogP) is 5.77. The molecule has 1 fully saturated rings. The minimum absolute atomic E-state index is 0.0192. The van der Waals surface area contributed by atoms with Crippen molar-refractivity contribution in [1.29, 1.82) is 0 Å². The molecule has 6 rings (SSSR count). The number of carbonyl (C=O) groups is 2. The van der Waals surface area contributed by atoms with Crippen LogP contribution in [-0.4, -0.2) is 53.8 Å². The highest BCUT2D eigenvalue weighted by Gasteiger charge is 2.48. The van der Waals surface area contributed by atoms with Gasteiger partial charge in [0.1, 0.15) is 24.2 Å². The molecule has 0 bridgehead atoms. The molecule has 4 heterocycles. The van der Waals surface area contributed by atoms with Crippen molar-refractivity contribution in [2.24, 2.45) is 0 Å². The Balaban J connectivity index is 1.40. The van der Waals surface area contributed by atoms with Crippen molar-refractivity contribution in [2.45, 2.75) is 65.0 Å². The average Bonchev–Trinajstić information content (AvgIpc) is 3.68. The summed E-state index contributed by atoms with van der Waals surface area (Å²) >= 11 is 0. The van der Waals surface area contributed by atoms with Gasteiger partial charge in [0, 0.05) is 54.0 Å². The molecule has 0 radical (unpaired) electrons. The van der Waals surface area contributed by atoms with Crippen LogP contribution in [0.3, 0.4) is 0 Å². The summed E-state index contributed by atoms with van der Waals surface area (Å²) in [5, 5.41) is 0. The van der Waals surface area contributed by atoms with Crippen molar-refractivity contribution in [3.63, 3.8) is 0 Å². The Morgan fingerprint density at radius 1 is 1.05 bits per heavy atom. The number of amides is 1. The summed E-state index contributed by atoms with van der Waals surface area (Å²) in [6.45, 7) is 8.32. The first kappa shape index (κ1) is 28.8. The van der Waals surface area contributed by atoms with E-state index in [9.17, 15) is 22.8 Å². The number of rotatable bonds is 5. The lowest BCUT2D eigenvalue weighted by Crippen LogP contribution is -2.44. The van der Waals surface area contributed by atoms with Crippen LogP contribution in [0.25, 0.3) is 11.1 Å². The van der Waals surface area contributed by atoms with Crippen LogP contribution in [0.5, 0.6) is 11.5 Å². The van der Waals surface area contributed by atoms with Gasteiger partial charge in [-0.25, -0.2) is 9.97 Å². The van der Waals surface area contributed by atoms with Crippen molar-refractivity contribution in [3.05, 3.63) is 58.9 Å². The molecule has 226 valence electrons. The Hall–Kier alpha value is -4.35. The normalized spacial score (nSPS) is 20.7. The molecule has 0 spiro atoms. The van der Waals surface area contributed by atoms with Crippen LogP contribution in [0, 0.1) is 13.8 Å². The molecule has 2 aromatic carbocycles. The number of hydrogen-bond acceptors (Lipinski definition) is 8. The van der Waals surface area contributed by atoms with Gasteiger partial charge in [-0.3, -0.25) is 14.5 Å². The molecule has 0 N–H and O–H groups in total. The number of nitrogens with zero attached hydrogens (tertiary/aromatic N) is 4. The van der Waals surface area contributed by atoms with Crippen LogP contribution in [0.4, 0.5) is 24.8 Å². The van der Waals surface area contributed by atoms with Gasteiger partial charge in [-0.05, 0) is 45.7 Å². The Morgan fingerprint density at radius 2 is 1.74 bits per heavy atom. The van der Waals surface area contributed by atoms with Gasteiger partial charge in [0.2, 0.25) is 5.95 Å². The third-order valence-corrected chi connectivity index (χ3v) is 8.09. The van der Waals surface area contributed by atoms with Gasteiger partial charge in [-0.1, -0.05) is 18.2 Å². The molecular formula is C31H31F3N4O5. The second-order valence-electron chi connectivity index (χ2n) is 11.1. The number of para-hydroxylation sites is 1. The van der Waals surface area contributed by atoms with Gasteiger partial charge in [0.05, 0.1) is 17.4 Å². The van der Waals surface area contributed by atoms with Crippen LogP contribution in [-0.2, 0) is 14.3 Å². The van der Waals surface area contributed by atoms with E-state index < -0.39 is 36.3 Å². The smallest absolute Gasteiger partial charge is 0.471 e. The first-order valence-electron chi connectivity index (χ1n) is 14.2. The standard InChI is InChI=1S/C31H31F3N4O5/c1-16-26(17(2)36-30(35-16)37-12-5-6-13-37)23-9-7-8-21-24(15-41-28(21)23)38(29(40)31(32,33)34)20-10-11-22-25(14-20)42-18(3)27(22)43-19(4)39/h7-11,14,18,24,27H,5-6,12-13,15H2,1-4H3/t18?,24-,27-/m1/s1. The lowest BCUT2D eigenvalue weighted by atomic mass is 9.96. The molecule has 1 unspecified atom stereocenters. The third-order valence-electron chi connectivity index (χ3n) is 8.09. The van der Waals surface area contributed by atoms with Crippen molar-refractivity contribution >= 4 is 23.5 Å². The van der Waals surface area contributed by atoms with Crippen molar-refractivity contribution in [2.75, 3.05) is 29.5 Å². The van der Waals surface area contributed by atoms with Crippen molar-refractivity contribution in [1.82, 2.24) is 9.97 Å². The first-order chi connectivity index (χ1) is 20.4. The highest BCUT2D eigenvalue weighted by molar-refractivity contribution is 5.99. The monoisotopic (exact) mass is 596 g/mol. The number of alkyl halides is 3. The zero-order valence-corrected chi connectivity index (χ0v) is 24.2. The highest BCUT2D eigenvalue weighted by Crippen LogP contribution is 2.48. The minimum atomic E-state index is -5.15. The summed E-state index contributed by atoms with van der Waals surface area (Å²) in [5.74, 6) is -1.26.